The van der Waals surface area contributed by atoms with E-state index in [9.17, 15) is 89.5 Å². The van der Waals surface area contributed by atoms with Crippen molar-refractivity contribution in [2.45, 2.75) is 24.7 Å². The van der Waals surface area contributed by atoms with E-state index in [2.05, 4.69) is 29.9 Å². The van der Waals surface area contributed by atoms with Crippen LogP contribution < -0.4 is 0 Å². The number of nitriles is 7. The van der Waals surface area contributed by atoms with Gasteiger partial charge in [-0.25, -0.2) is 29.9 Å². The summed E-state index contributed by atoms with van der Waals surface area (Å²) < 4.78 is 165. The Balaban J connectivity index is 2.06. The third-order valence-electron chi connectivity index (χ3n) is 7.38. The van der Waals surface area contributed by atoms with Gasteiger partial charge in [0.25, 0.3) is 0 Å². The van der Waals surface area contributed by atoms with Crippen LogP contribution in [0.2, 0.25) is 0 Å². The molecule has 2 aliphatic carbocycles. The number of alkyl halides is 12. The summed E-state index contributed by atoms with van der Waals surface area (Å²) in [5, 5.41) is 70.2. The summed E-state index contributed by atoms with van der Waals surface area (Å²) in [7, 11) is 0. The van der Waals surface area contributed by atoms with Gasteiger partial charge in [0.15, 0.2) is 11.6 Å². The number of hydrogen-bond acceptors (Lipinski definition) is 13. The Labute approximate surface area is 300 Å². The lowest BCUT2D eigenvalue weighted by atomic mass is 9.87. The van der Waals surface area contributed by atoms with Gasteiger partial charge in [0, 0.05) is 33.4 Å². The molecular formula is C31HF12N13. The summed E-state index contributed by atoms with van der Waals surface area (Å²) in [6.07, 6.45) is -22.9. The normalized spacial score (nSPS) is 13.7. The van der Waals surface area contributed by atoms with Gasteiger partial charge in [-0.2, -0.15) is 89.5 Å². The molecule has 0 N–H and O–H groups in total. The summed E-state index contributed by atoms with van der Waals surface area (Å²) in [5.74, 6) is -13.2. The molecule has 0 unspecified atom stereocenters. The minimum atomic E-state index is -5.73. The van der Waals surface area contributed by atoms with Crippen molar-refractivity contribution in [2.75, 3.05) is 0 Å². The molecule has 0 saturated carbocycles. The van der Waals surface area contributed by atoms with Crippen LogP contribution in [0.15, 0.2) is 17.2 Å². The first-order valence-corrected chi connectivity index (χ1v) is 13.8. The molecule has 0 aliphatic heterocycles. The van der Waals surface area contributed by atoms with Crippen molar-refractivity contribution in [3.8, 4) is 42.5 Å². The van der Waals surface area contributed by atoms with Gasteiger partial charge >= 0.3 is 24.7 Å². The van der Waals surface area contributed by atoms with Gasteiger partial charge in [-0.1, -0.05) is 0 Å². The van der Waals surface area contributed by atoms with Gasteiger partial charge in [-0.05, 0) is 17.2 Å². The van der Waals surface area contributed by atoms with Crippen molar-refractivity contribution in [3.63, 3.8) is 0 Å². The number of allylic oxidation sites excluding steroid dienone is 8. The van der Waals surface area contributed by atoms with E-state index in [0.29, 0.717) is 6.07 Å². The Bertz CT molecular complexity index is 2490. The lowest BCUT2D eigenvalue weighted by molar-refractivity contribution is -0.156. The Morgan fingerprint density at radius 2 is 0.714 bits per heavy atom. The Morgan fingerprint density at radius 1 is 0.429 bits per heavy atom. The predicted octanol–water partition coefficient (Wildman–Crippen LogP) is 6.50. The number of hydrogen-bond donors (Lipinski definition) is 0. The number of halogens is 12. The second-order valence-electron chi connectivity index (χ2n) is 10.5. The highest BCUT2D eigenvalue weighted by molar-refractivity contribution is 6.30. The van der Waals surface area contributed by atoms with Crippen LogP contribution in [-0.4, -0.2) is 29.9 Å². The molecule has 0 saturated heterocycles. The molecule has 0 spiro atoms. The van der Waals surface area contributed by atoms with Gasteiger partial charge in [-0.15, -0.1) is 0 Å². The smallest absolute Gasteiger partial charge is 0.204 e. The van der Waals surface area contributed by atoms with Crippen molar-refractivity contribution < 1.29 is 52.7 Å². The van der Waals surface area contributed by atoms with Crippen LogP contribution in [-0.2, 0) is 24.7 Å². The van der Waals surface area contributed by atoms with Crippen molar-refractivity contribution in [2.24, 2.45) is 0 Å². The lowest BCUT2D eigenvalue weighted by Crippen LogP contribution is -2.21. The van der Waals surface area contributed by atoms with E-state index in [1.165, 1.54) is 42.5 Å². The zero-order valence-electron chi connectivity index (χ0n) is 25.9. The van der Waals surface area contributed by atoms with Gasteiger partial charge in [0.05, 0.1) is 16.7 Å². The molecule has 0 radical (unpaired) electrons. The highest BCUT2D eigenvalue weighted by Gasteiger charge is 2.47. The lowest BCUT2D eigenvalue weighted by Gasteiger charge is -2.14. The van der Waals surface area contributed by atoms with Gasteiger partial charge in [-0.3, -0.25) is 0 Å². The van der Waals surface area contributed by atoms with E-state index in [4.69, 9.17) is 0 Å². The highest BCUT2D eigenvalue weighted by atomic mass is 19.4. The van der Waals surface area contributed by atoms with Crippen molar-refractivity contribution in [3.05, 3.63) is 80.0 Å². The molecule has 1 aromatic carbocycles. The molecule has 0 bridgehead atoms. The molecule has 13 nitrogen and oxygen atoms in total. The van der Waals surface area contributed by atoms with Crippen LogP contribution in [0.3, 0.4) is 0 Å². The van der Waals surface area contributed by atoms with Gasteiger partial charge in [0.1, 0.15) is 53.6 Å². The topological polar surface area (TPSA) is 244 Å². The number of nitrogens with zero attached hydrogens (tertiary/aromatic N) is 13. The second-order valence-corrected chi connectivity index (χ2v) is 10.5. The molecule has 2 heterocycles. The highest BCUT2D eigenvalue weighted by Crippen LogP contribution is 2.56. The minimum Gasteiger partial charge on any atom is -0.204 e. The maximum absolute atomic E-state index is 13.8. The van der Waals surface area contributed by atoms with Crippen LogP contribution in [0.1, 0.15) is 62.8 Å². The summed E-state index contributed by atoms with van der Waals surface area (Å²) in [4.78, 5) is 16.6. The molecule has 274 valence electrons. The summed E-state index contributed by atoms with van der Waals surface area (Å²) >= 11 is 0. The van der Waals surface area contributed by atoms with E-state index >= 15 is 0 Å². The Hall–Kier alpha value is -8.21. The zero-order chi connectivity index (χ0) is 41.9. The third-order valence-corrected chi connectivity index (χ3v) is 7.38. The van der Waals surface area contributed by atoms with E-state index in [1.807, 2.05) is 0 Å². The van der Waals surface area contributed by atoms with Crippen LogP contribution >= 0.6 is 0 Å². The zero-order valence-corrected chi connectivity index (χ0v) is 25.9. The maximum Gasteiger partial charge on any atom is 0.451 e. The number of aromatic nitrogens is 6. The first kappa shape index (κ1) is 39.0. The van der Waals surface area contributed by atoms with Crippen molar-refractivity contribution >= 4 is 33.4 Å². The summed E-state index contributed by atoms with van der Waals surface area (Å²) in [5.41, 5.74) is -13.6. The average Bonchev–Trinajstić information content (AvgIpc) is 3.62. The minimum absolute atomic E-state index is 0.612. The van der Waals surface area contributed by atoms with Crippen molar-refractivity contribution in [1.82, 2.24) is 29.9 Å². The standard InChI is InChI=1S/C31HF12N13/c32-28(33,34)24-51-22(52-25(55-24)29(35,36)37)20-14(7-49)18-11(16(20)9(2-44)3-45)1-12-17(10(4-46)5-47)21(15(8-50)19(12)13(18)6-48)23-53-26(30(38,39)40)56-27(54-23)31(41,42)43/h1H. The molecule has 0 atom stereocenters. The molecule has 5 rings (SSSR count). The summed E-state index contributed by atoms with van der Waals surface area (Å²) in [6.45, 7) is 0. The Morgan fingerprint density at radius 3 is 0.929 bits per heavy atom. The molecule has 0 amide bonds. The number of rotatable bonds is 2. The molecule has 2 aliphatic rings. The Kier molecular flexibility index (Phi) is 9.07. The van der Waals surface area contributed by atoms with Crippen LogP contribution in [0, 0.1) is 79.3 Å². The molecule has 25 heteroatoms. The predicted molar refractivity (Wildman–Crippen MR) is 152 cm³/mol. The SMILES string of the molecule is N#CC(C#N)=C1C(c2nc(C(F)(F)F)nc(C(F)(F)F)n2)=C(C#N)c2c1cc1c(c2C#N)C(C#N)=C(c2nc(C(F)(F)F)nc(C(F)(F)F)n2)C1=C(C#N)C#N. The van der Waals surface area contributed by atoms with Gasteiger partial charge in [0.2, 0.25) is 23.3 Å². The molecule has 2 aromatic heterocycles. The van der Waals surface area contributed by atoms with E-state index in [-0.39, 0.29) is 0 Å². The number of fused-ring (bicyclic) bond motifs is 2. The maximum atomic E-state index is 13.8. The first-order chi connectivity index (χ1) is 26.0. The molecule has 0 fully saturated rings. The fourth-order valence-corrected chi connectivity index (χ4v) is 5.42. The van der Waals surface area contributed by atoms with Crippen LogP contribution in [0.4, 0.5) is 52.7 Å². The van der Waals surface area contributed by atoms with E-state index in [1.54, 1.807) is 0 Å². The monoisotopic (exact) mass is 783 g/mol. The van der Waals surface area contributed by atoms with Gasteiger partial charge < -0.3 is 0 Å². The van der Waals surface area contributed by atoms with Crippen LogP contribution in [0.5, 0.6) is 0 Å². The van der Waals surface area contributed by atoms with E-state index in [0.717, 1.165) is 0 Å². The van der Waals surface area contributed by atoms with Crippen molar-refractivity contribution in [1.29, 1.82) is 36.8 Å². The fraction of sp³-hybridized carbons (Fsp3) is 0.129. The fourth-order valence-electron chi connectivity index (χ4n) is 5.42. The molecular weight excluding hydrogens is 782 g/mol. The quantitative estimate of drug-likeness (QED) is 0.199. The number of benzene rings is 1. The third kappa shape index (κ3) is 6.19. The van der Waals surface area contributed by atoms with E-state index < -0.39 is 132 Å². The van der Waals surface area contributed by atoms with Crippen LogP contribution in [0.25, 0.3) is 33.4 Å². The first-order valence-electron chi connectivity index (χ1n) is 13.8. The average molecular weight is 783 g/mol. The summed E-state index contributed by atoms with van der Waals surface area (Å²) in [6, 6.07) is 9.96. The largest absolute Gasteiger partial charge is 0.451 e. The molecule has 56 heavy (non-hydrogen) atoms. The second kappa shape index (κ2) is 13.0. The molecule has 3 aromatic rings.